The molecule has 1 aliphatic heterocycles. The van der Waals surface area contributed by atoms with Crippen LogP contribution in [0.3, 0.4) is 0 Å². The summed E-state index contributed by atoms with van der Waals surface area (Å²) < 4.78 is 36.7. The molecule has 0 bridgehead atoms. The van der Waals surface area contributed by atoms with E-state index in [1.54, 1.807) is 18.2 Å². The van der Waals surface area contributed by atoms with Gasteiger partial charge in [-0.25, -0.2) is 9.86 Å². The van der Waals surface area contributed by atoms with Gasteiger partial charge in [0.15, 0.2) is 0 Å². The summed E-state index contributed by atoms with van der Waals surface area (Å²) in [6.45, 7) is 0. The molecule has 4 nitrogen and oxygen atoms in total. The Hall–Kier alpha value is -2.02. The van der Waals surface area contributed by atoms with Gasteiger partial charge in [-0.05, 0) is 11.6 Å². The lowest BCUT2D eigenvalue weighted by Gasteiger charge is -2.27. The zero-order valence-corrected chi connectivity index (χ0v) is 8.94. The Balaban J connectivity index is 2.39. The highest BCUT2D eigenvalue weighted by molar-refractivity contribution is 5.89. The molecule has 0 aromatic heterocycles. The Morgan fingerprint density at radius 3 is 2.61 bits per heavy atom. The van der Waals surface area contributed by atoms with Crippen molar-refractivity contribution in [3.63, 3.8) is 0 Å². The zero-order chi connectivity index (χ0) is 13.3. The van der Waals surface area contributed by atoms with Crippen molar-refractivity contribution in [1.29, 1.82) is 0 Å². The van der Waals surface area contributed by atoms with Crippen molar-refractivity contribution in [2.24, 2.45) is 0 Å². The lowest BCUT2D eigenvalue weighted by Crippen LogP contribution is -2.31. The minimum absolute atomic E-state index is 0.0588. The molecule has 0 amide bonds. The second-order valence-corrected chi connectivity index (χ2v) is 3.63. The third-order valence-electron chi connectivity index (χ3n) is 2.36. The van der Waals surface area contributed by atoms with Gasteiger partial charge in [-0.15, -0.1) is 13.2 Å². The summed E-state index contributed by atoms with van der Waals surface area (Å²) in [5, 5.41) is 9.28. The van der Waals surface area contributed by atoms with Gasteiger partial charge in [0.2, 0.25) is 0 Å². The van der Waals surface area contributed by atoms with E-state index in [0.29, 0.717) is 10.6 Å². The van der Waals surface area contributed by atoms with Crippen molar-refractivity contribution >= 4 is 11.7 Å². The highest BCUT2D eigenvalue weighted by Gasteiger charge is 2.35. The Kier molecular flexibility index (Phi) is 3.00. The number of carboxylic acid groups (broad SMARTS) is 1. The first kappa shape index (κ1) is 12.4. The van der Waals surface area contributed by atoms with E-state index < -0.39 is 12.3 Å². The molecule has 1 aromatic rings. The summed E-state index contributed by atoms with van der Waals surface area (Å²) in [7, 11) is 0. The van der Waals surface area contributed by atoms with Crippen molar-refractivity contribution < 1.29 is 27.9 Å². The first-order valence-electron chi connectivity index (χ1n) is 4.94. The highest BCUT2D eigenvalue weighted by atomic mass is 19.4. The number of hydrogen-bond donors (Lipinski definition) is 1. The number of halogens is 3. The molecular formula is C11H8F3NO3. The fourth-order valence-corrected chi connectivity index (χ4v) is 1.66. The third kappa shape index (κ3) is 2.62. The number of alkyl halides is 3. The minimum atomic E-state index is -4.88. The van der Waals surface area contributed by atoms with Gasteiger partial charge in [0.05, 0.1) is 11.3 Å². The molecular weight excluding hydrogens is 251 g/mol. The van der Waals surface area contributed by atoms with Crippen LogP contribution >= 0.6 is 0 Å². The third-order valence-corrected chi connectivity index (χ3v) is 2.36. The number of hydroxylamine groups is 1. The average Bonchev–Trinajstić information content (AvgIpc) is 2.26. The van der Waals surface area contributed by atoms with Crippen LogP contribution in [-0.4, -0.2) is 17.4 Å². The SMILES string of the molecule is O=C(O)C1=CN(OC(F)(F)F)c2ccccc2C1. The first-order valence-corrected chi connectivity index (χ1v) is 4.94. The van der Waals surface area contributed by atoms with E-state index in [9.17, 15) is 18.0 Å². The van der Waals surface area contributed by atoms with Gasteiger partial charge in [-0.3, -0.25) is 0 Å². The number of fused-ring (bicyclic) bond motifs is 1. The van der Waals surface area contributed by atoms with Gasteiger partial charge in [0, 0.05) is 12.6 Å². The normalized spacial score (nSPS) is 15.1. The van der Waals surface area contributed by atoms with Gasteiger partial charge < -0.3 is 5.11 Å². The molecule has 1 heterocycles. The van der Waals surface area contributed by atoms with Crippen LogP contribution in [0.4, 0.5) is 18.9 Å². The van der Waals surface area contributed by atoms with Gasteiger partial charge in [0.1, 0.15) is 0 Å². The highest BCUT2D eigenvalue weighted by Crippen LogP contribution is 2.32. The van der Waals surface area contributed by atoms with Crippen molar-refractivity contribution in [1.82, 2.24) is 0 Å². The molecule has 1 aliphatic rings. The molecule has 18 heavy (non-hydrogen) atoms. The molecule has 0 aliphatic carbocycles. The Labute approximate surface area is 99.8 Å². The summed E-state index contributed by atoms with van der Waals surface area (Å²) in [6.07, 6.45) is -3.99. The van der Waals surface area contributed by atoms with E-state index in [0.717, 1.165) is 6.20 Å². The number of benzene rings is 1. The fourth-order valence-electron chi connectivity index (χ4n) is 1.66. The smallest absolute Gasteiger partial charge is 0.478 e. The van der Waals surface area contributed by atoms with Gasteiger partial charge >= 0.3 is 12.3 Å². The molecule has 1 N–H and O–H groups in total. The van der Waals surface area contributed by atoms with Crippen LogP contribution in [0.5, 0.6) is 0 Å². The van der Waals surface area contributed by atoms with Crippen LogP contribution in [0.25, 0.3) is 0 Å². The van der Waals surface area contributed by atoms with Crippen LogP contribution in [0.15, 0.2) is 36.0 Å². The number of anilines is 1. The number of carbonyl (C=O) groups is 1. The molecule has 96 valence electrons. The fraction of sp³-hybridized carbons (Fsp3) is 0.182. The quantitative estimate of drug-likeness (QED) is 0.886. The van der Waals surface area contributed by atoms with Gasteiger partial charge in [0.25, 0.3) is 0 Å². The molecule has 0 radical (unpaired) electrons. The number of nitrogens with zero attached hydrogens (tertiary/aromatic N) is 1. The lowest BCUT2D eigenvalue weighted by molar-refractivity contribution is -0.326. The van der Waals surface area contributed by atoms with E-state index >= 15 is 0 Å². The molecule has 0 atom stereocenters. The Morgan fingerprint density at radius 2 is 2.00 bits per heavy atom. The maximum absolute atomic E-state index is 12.2. The van der Waals surface area contributed by atoms with E-state index in [1.165, 1.54) is 6.07 Å². The predicted molar refractivity (Wildman–Crippen MR) is 55.5 cm³/mol. The Bertz CT molecular complexity index is 511. The maximum Gasteiger partial charge on any atom is 0.544 e. The monoisotopic (exact) mass is 259 g/mol. The summed E-state index contributed by atoms with van der Waals surface area (Å²) in [4.78, 5) is 14.6. The van der Waals surface area contributed by atoms with E-state index in [2.05, 4.69) is 4.84 Å². The molecule has 0 saturated carbocycles. The summed E-state index contributed by atoms with van der Waals surface area (Å²) in [5.74, 6) is -1.28. The van der Waals surface area contributed by atoms with E-state index in [1.807, 2.05) is 0 Å². The minimum Gasteiger partial charge on any atom is -0.478 e. The van der Waals surface area contributed by atoms with Crippen LogP contribution < -0.4 is 5.06 Å². The summed E-state index contributed by atoms with van der Waals surface area (Å²) in [5.41, 5.74) is 0.472. The molecule has 0 fully saturated rings. The number of rotatable bonds is 2. The lowest BCUT2D eigenvalue weighted by atomic mass is 10.0. The van der Waals surface area contributed by atoms with E-state index in [-0.39, 0.29) is 17.7 Å². The Morgan fingerprint density at radius 1 is 1.33 bits per heavy atom. The number of para-hydroxylation sites is 1. The first-order chi connectivity index (χ1) is 8.37. The predicted octanol–water partition coefficient (Wildman–Crippen LogP) is 2.47. The molecule has 2 rings (SSSR count). The number of hydrogen-bond acceptors (Lipinski definition) is 3. The van der Waals surface area contributed by atoms with Crippen LogP contribution in [-0.2, 0) is 16.1 Å². The zero-order valence-electron chi connectivity index (χ0n) is 8.94. The second kappa shape index (κ2) is 4.34. The van der Waals surface area contributed by atoms with Crippen LogP contribution in [0, 0.1) is 0 Å². The molecule has 0 unspecified atom stereocenters. The van der Waals surface area contributed by atoms with Crippen molar-refractivity contribution in [2.45, 2.75) is 12.8 Å². The number of carboxylic acids is 1. The standard InChI is InChI=1S/C11H8F3NO3/c12-11(13,14)18-15-6-8(10(16)17)5-7-3-1-2-4-9(7)15/h1-4,6H,5H2,(H,16,17). The van der Waals surface area contributed by atoms with Crippen LogP contribution in [0.2, 0.25) is 0 Å². The van der Waals surface area contributed by atoms with E-state index in [4.69, 9.17) is 5.11 Å². The van der Waals surface area contributed by atoms with Gasteiger partial charge in [-0.1, -0.05) is 18.2 Å². The largest absolute Gasteiger partial charge is 0.544 e. The topological polar surface area (TPSA) is 49.8 Å². The average molecular weight is 259 g/mol. The van der Waals surface area contributed by atoms with Crippen molar-refractivity contribution in [2.75, 3.05) is 5.06 Å². The summed E-state index contributed by atoms with van der Waals surface area (Å²) >= 11 is 0. The summed E-state index contributed by atoms with van der Waals surface area (Å²) in [6, 6.07) is 6.15. The maximum atomic E-state index is 12.2. The molecule has 0 saturated heterocycles. The van der Waals surface area contributed by atoms with Gasteiger partial charge in [-0.2, -0.15) is 4.84 Å². The van der Waals surface area contributed by atoms with Crippen LogP contribution in [0.1, 0.15) is 5.56 Å². The van der Waals surface area contributed by atoms with Crippen molar-refractivity contribution in [3.05, 3.63) is 41.6 Å². The van der Waals surface area contributed by atoms with Crippen molar-refractivity contribution in [3.8, 4) is 0 Å². The molecule has 1 aromatic carbocycles. The molecule has 0 spiro atoms. The number of aliphatic carboxylic acids is 1. The molecule has 7 heteroatoms. The second-order valence-electron chi connectivity index (χ2n) is 3.63.